The summed E-state index contributed by atoms with van der Waals surface area (Å²) in [5.41, 5.74) is 2.89. The van der Waals surface area contributed by atoms with Crippen LogP contribution in [0.4, 0.5) is 5.69 Å². The van der Waals surface area contributed by atoms with E-state index in [9.17, 15) is 4.79 Å². The number of rotatable bonds is 5. The number of nitrogens with one attached hydrogen (secondary N) is 1. The number of amides is 1. The van der Waals surface area contributed by atoms with Crippen molar-refractivity contribution in [3.8, 4) is 0 Å². The molecule has 0 aliphatic carbocycles. The highest BCUT2D eigenvalue weighted by Crippen LogP contribution is 2.13. The first-order chi connectivity index (χ1) is 11.6. The molecule has 128 valence electrons. The largest absolute Gasteiger partial charge is 0.360 e. The fourth-order valence-corrected chi connectivity index (χ4v) is 2.92. The summed E-state index contributed by atoms with van der Waals surface area (Å²) in [6.45, 7) is 8.77. The fraction of sp³-hybridized carbons (Fsp3) is 0.444. The molecule has 1 amide bonds. The van der Waals surface area contributed by atoms with Crippen molar-refractivity contribution in [1.29, 1.82) is 0 Å². The number of aromatic nitrogens is 1. The summed E-state index contributed by atoms with van der Waals surface area (Å²) in [6, 6.07) is 9.82. The van der Waals surface area contributed by atoms with Gasteiger partial charge >= 0.3 is 0 Å². The van der Waals surface area contributed by atoms with Gasteiger partial charge in [0.2, 0.25) is 5.91 Å². The van der Waals surface area contributed by atoms with Gasteiger partial charge in [0.05, 0.1) is 18.8 Å². The van der Waals surface area contributed by atoms with Gasteiger partial charge in [0, 0.05) is 37.9 Å². The number of carbonyl (C=O) groups is 1. The highest BCUT2D eigenvalue weighted by atomic mass is 16.5. The Morgan fingerprint density at radius 2 is 1.88 bits per heavy atom. The third-order valence-electron chi connectivity index (χ3n) is 4.31. The molecule has 0 spiro atoms. The summed E-state index contributed by atoms with van der Waals surface area (Å²) < 4.78 is 5.27. The van der Waals surface area contributed by atoms with E-state index in [2.05, 4.69) is 20.3 Å². The Balaban J connectivity index is 1.43. The van der Waals surface area contributed by atoms with E-state index in [1.807, 2.05) is 44.2 Å². The number of benzene rings is 1. The second-order valence-electron chi connectivity index (χ2n) is 6.35. The molecule has 24 heavy (non-hydrogen) atoms. The Labute approximate surface area is 142 Å². The third-order valence-corrected chi connectivity index (χ3v) is 4.31. The van der Waals surface area contributed by atoms with Gasteiger partial charge in [-0.1, -0.05) is 23.4 Å². The van der Waals surface area contributed by atoms with E-state index < -0.39 is 0 Å². The lowest BCUT2D eigenvalue weighted by molar-refractivity contribution is -0.117. The van der Waals surface area contributed by atoms with E-state index in [0.29, 0.717) is 6.54 Å². The van der Waals surface area contributed by atoms with Crippen molar-refractivity contribution in [1.82, 2.24) is 15.0 Å². The quantitative estimate of drug-likeness (QED) is 0.910. The van der Waals surface area contributed by atoms with Crippen LogP contribution < -0.4 is 5.32 Å². The molecule has 0 atom stereocenters. The van der Waals surface area contributed by atoms with Crippen molar-refractivity contribution in [3.05, 3.63) is 47.3 Å². The van der Waals surface area contributed by atoms with Crippen LogP contribution in [0.25, 0.3) is 0 Å². The van der Waals surface area contributed by atoms with Crippen LogP contribution in [0.1, 0.15) is 17.0 Å². The van der Waals surface area contributed by atoms with E-state index in [-0.39, 0.29) is 5.91 Å². The first-order valence-corrected chi connectivity index (χ1v) is 8.32. The van der Waals surface area contributed by atoms with E-state index in [4.69, 9.17) is 4.52 Å². The number of hydrogen-bond donors (Lipinski definition) is 1. The minimum Gasteiger partial charge on any atom is -0.360 e. The number of carbonyl (C=O) groups excluding carboxylic acids is 1. The van der Waals surface area contributed by atoms with Crippen LogP contribution in [0.5, 0.6) is 0 Å². The molecule has 0 saturated carbocycles. The molecule has 0 radical (unpaired) electrons. The number of nitrogens with zero attached hydrogens (tertiary/aromatic N) is 3. The molecule has 6 nitrogen and oxygen atoms in total. The van der Waals surface area contributed by atoms with Crippen molar-refractivity contribution in [2.24, 2.45) is 0 Å². The zero-order valence-corrected chi connectivity index (χ0v) is 14.3. The normalized spacial score (nSPS) is 16.2. The molecule has 3 rings (SSSR count). The summed E-state index contributed by atoms with van der Waals surface area (Å²) in [5, 5.41) is 6.91. The van der Waals surface area contributed by atoms with E-state index in [0.717, 1.165) is 55.4 Å². The first-order valence-electron chi connectivity index (χ1n) is 8.32. The molecule has 1 aromatic carbocycles. The highest BCUT2D eigenvalue weighted by Gasteiger charge is 2.20. The van der Waals surface area contributed by atoms with Crippen molar-refractivity contribution in [2.75, 3.05) is 38.0 Å². The van der Waals surface area contributed by atoms with Gasteiger partial charge < -0.3 is 9.84 Å². The average molecular weight is 328 g/mol. The van der Waals surface area contributed by atoms with Crippen LogP contribution in [0.15, 0.2) is 34.9 Å². The van der Waals surface area contributed by atoms with Crippen molar-refractivity contribution in [2.45, 2.75) is 20.4 Å². The van der Waals surface area contributed by atoms with E-state index in [1.165, 1.54) is 0 Å². The number of anilines is 1. The monoisotopic (exact) mass is 328 g/mol. The minimum atomic E-state index is 0.0450. The lowest BCUT2D eigenvalue weighted by atomic mass is 10.2. The standard InChI is InChI=1S/C18H24N4O2/c1-14-5-3-4-6-17(14)19-18(23)13-22-9-7-21(8-10-22)12-16-11-15(2)20-24-16/h3-6,11H,7-10,12-13H2,1-2H3,(H,19,23). The fourth-order valence-electron chi connectivity index (χ4n) is 2.92. The van der Waals surface area contributed by atoms with Crippen LogP contribution in [-0.2, 0) is 11.3 Å². The molecule has 2 heterocycles. The minimum absolute atomic E-state index is 0.0450. The molecule has 6 heteroatoms. The Bertz CT molecular complexity index is 690. The van der Waals surface area contributed by atoms with Crippen LogP contribution in [-0.4, -0.2) is 53.6 Å². The second-order valence-corrected chi connectivity index (χ2v) is 6.35. The van der Waals surface area contributed by atoms with Gasteiger partial charge in [-0.25, -0.2) is 0 Å². The van der Waals surface area contributed by atoms with Crippen LogP contribution in [0.3, 0.4) is 0 Å². The van der Waals surface area contributed by atoms with Crippen LogP contribution in [0.2, 0.25) is 0 Å². The molecule has 1 aromatic heterocycles. The summed E-state index contributed by atoms with van der Waals surface area (Å²) >= 11 is 0. The lowest BCUT2D eigenvalue weighted by Gasteiger charge is -2.33. The maximum absolute atomic E-state index is 12.2. The predicted octanol–water partition coefficient (Wildman–Crippen LogP) is 2.05. The van der Waals surface area contributed by atoms with Gasteiger partial charge in [-0.2, -0.15) is 0 Å². The number of aryl methyl sites for hydroxylation is 2. The number of piperazine rings is 1. The smallest absolute Gasteiger partial charge is 0.238 e. The van der Waals surface area contributed by atoms with Crippen molar-refractivity contribution in [3.63, 3.8) is 0 Å². The zero-order valence-electron chi connectivity index (χ0n) is 14.3. The average Bonchev–Trinajstić information content (AvgIpc) is 2.96. The first kappa shape index (κ1) is 16.7. The molecular formula is C18H24N4O2. The van der Waals surface area contributed by atoms with Gasteiger partial charge in [0.15, 0.2) is 5.76 Å². The van der Waals surface area contributed by atoms with Gasteiger partial charge in [-0.3, -0.25) is 14.6 Å². The Morgan fingerprint density at radius 1 is 1.17 bits per heavy atom. The van der Waals surface area contributed by atoms with E-state index >= 15 is 0 Å². The molecule has 1 N–H and O–H groups in total. The predicted molar refractivity (Wildman–Crippen MR) is 92.8 cm³/mol. The summed E-state index contributed by atoms with van der Waals surface area (Å²) in [6.07, 6.45) is 0. The Morgan fingerprint density at radius 3 is 2.54 bits per heavy atom. The maximum Gasteiger partial charge on any atom is 0.238 e. The summed E-state index contributed by atoms with van der Waals surface area (Å²) in [4.78, 5) is 16.7. The lowest BCUT2D eigenvalue weighted by Crippen LogP contribution is -2.48. The van der Waals surface area contributed by atoms with Crippen molar-refractivity contribution < 1.29 is 9.32 Å². The summed E-state index contributed by atoms with van der Waals surface area (Å²) in [7, 11) is 0. The van der Waals surface area contributed by atoms with Gasteiger partial charge in [-0.15, -0.1) is 0 Å². The topological polar surface area (TPSA) is 61.6 Å². The zero-order chi connectivity index (χ0) is 16.9. The van der Waals surface area contributed by atoms with Crippen LogP contribution in [0, 0.1) is 13.8 Å². The molecule has 1 aliphatic rings. The van der Waals surface area contributed by atoms with Crippen molar-refractivity contribution >= 4 is 11.6 Å². The number of hydrogen-bond acceptors (Lipinski definition) is 5. The maximum atomic E-state index is 12.2. The molecule has 2 aromatic rings. The van der Waals surface area contributed by atoms with Gasteiger partial charge in [0.1, 0.15) is 0 Å². The molecular weight excluding hydrogens is 304 g/mol. The summed E-state index contributed by atoms with van der Waals surface area (Å²) in [5.74, 6) is 0.946. The molecule has 0 unspecified atom stereocenters. The Kier molecular flexibility index (Phi) is 5.27. The molecule has 1 saturated heterocycles. The molecule has 1 fully saturated rings. The molecule has 1 aliphatic heterocycles. The van der Waals surface area contributed by atoms with Gasteiger partial charge in [0.25, 0.3) is 0 Å². The number of para-hydroxylation sites is 1. The SMILES string of the molecule is Cc1cc(CN2CCN(CC(=O)Nc3ccccc3C)CC2)on1. The van der Waals surface area contributed by atoms with Crippen LogP contribution >= 0.6 is 0 Å². The highest BCUT2D eigenvalue weighted by molar-refractivity contribution is 5.92. The third kappa shape index (κ3) is 4.43. The second kappa shape index (κ2) is 7.59. The Hall–Kier alpha value is -2.18. The van der Waals surface area contributed by atoms with E-state index in [1.54, 1.807) is 0 Å². The van der Waals surface area contributed by atoms with Gasteiger partial charge in [-0.05, 0) is 25.5 Å². The molecule has 0 bridgehead atoms.